The van der Waals surface area contributed by atoms with Gasteiger partial charge in [0.25, 0.3) is 0 Å². The number of hydrogen-bond acceptors (Lipinski definition) is 0. The molecular weight excluding hydrogens is 1700 g/mol. The summed E-state index contributed by atoms with van der Waals surface area (Å²) in [4.78, 5) is 0. The van der Waals surface area contributed by atoms with Gasteiger partial charge in [0.05, 0.1) is 22.1 Å². The Kier molecular flexibility index (Phi) is 19.9. The van der Waals surface area contributed by atoms with Crippen LogP contribution in [0, 0.1) is 0 Å². The van der Waals surface area contributed by atoms with Gasteiger partial charge in [0.15, 0.2) is 0 Å². The predicted octanol–water partition coefficient (Wildman–Crippen LogP) is 38.2. The molecule has 3 nitrogen and oxygen atoms in total. The predicted molar refractivity (Wildman–Crippen MR) is 605 cm³/mol. The molecular formula is C138H91N3. The maximum Gasteiger partial charge on any atom is 0.0541 e. The molecule has 0 aliphatic heterocycles. The van der Waals surface area contributed by atoms with Crippen LogP contribution in [0.5, 0.6) is 0 Å². The SMILES string of the molecule is CCn1c2ccccc2c2cc(-c3c4ccccc4c(-c4cccc5ccccc45)c4ccccc34)ccc21.c1ccc(-c2c3ccccc3c(-c3ccc4c(c3)c3cc(-c5c6ccccc6c(-c6ccccc6)c6ccccc56)ccc3n4-c3ccccc3)c3ccccc23)cc1.c1ccc(-c2c3ccccc3c(-c3ccc4c(c3)c3ccccc3n4-c3ccc4ccccc4c3)c3ccccc23)cc1. The van der Waals surface area contributed by atoms with Gasteiger partial charge in [0, 0.05) is 61.3 Å². The summed E-state index contributed by atoms with van der Waals surface area (Å²) in [5.74, 6) is 0. The maximum absolute atomic E-state index is 2.45. The van der Waals surface area contributed by atoms with E-state index in [9.17, 15) is 0 Å². The van der Waals surface area contributed by atoms with Crippen molar-refractivity contribution in [1.82, 2.24) is 13.7 Å². The first-order valence-corrected chi connectivity index (χ1v) is 49.1. The summed E-state index contributed by atoms with van der Waals surface area (Å²) in [6.07, 6.45) is 0. The third-order valence-corrected chi connectivity index (χ3v) is 29.7. The minimum absolute atomic E-state index is 0.953. The van der Waals surface area contributed by atoms with Crippen molar-refractivity contribution in [1.29, 1.82) is 0 Å². The molecule has 3 aromatic heterocycles. The standard InChI is InChI=1S/C58H37N.C42H27N.C38H27N/c1-4-18-38(19-5-1)55-43-24-10-14-28-47(43)57(48-29-15-11-25-44(48)55)40-32-34-53-51(36-40)52-37-41(33-35-54(52)59(53)42-22-8-3-9-23-42)58-49-30-16-12-26-45(49)56(39-20-6-2-7-21-39)46-27-13-17-31-50(46)58;1-2-13-29(14-3-1)41-34-17-6-8-19-36(34)42(37-20-9-7-18-35(37)41)31-23-25-40-38(27-31)33-16-10-11-21-39(33)43(40)32-24-22-28-12-4-5-15-30(28)26-32;1-2-39-35-21-10-9-15-28(35)34-24-26(22-23-36(34)39)37-30-16-5-7-18-32(30)38(33-19-8-6-17-31(33)37)29-20-11-13-25-12-3-4-14-27(25)29/h1-37H;1-27H;3-24H,2H2,1H3. The number of benzene rings is 26. The smallest absolute Gasteiger partial charge is 0.0541 e. The molecule has 0 aliphatic rings. The van der Waals surface area contributed by atoms with E-state index in [1.807, 2.05) is 0 Å². The van der Waals surface area contributed by atoms with Crippen molar-refractivity contribution < 1.29 is 0 Å². The van der Waals surface area contributed by atoms with E-state index >= 15 is 0 Å². The lowest BCUT2D eigenvalue weighted by Crippen LogP contribution is -1.94. The zero-order valence-electron chi connectivity index (χ0n) is 77.7. The highest BCUT2D eigenvalue weighted by molar-refractivity contribution is 6.29. The molecule has 0 spiro atoms. The molecule has 0 saturated carbocycles. The summed E-state index contributed by atoms with van der Waals surface area (Å²) >= 11 is 0. The highest BCUT2D eigenvalue weighted by Gasteiger charge is 2.27. The Morgan fingerprint density at radius 2 is 0.376 bits per heavy atom. The summed E-state index contributed by atoms with van der Waals surface area (Å²) in [7, 11) is 0. The van der Waals surface area contributed by atoms with E-state index in [2.05, 4.69) is 542 Å². The van der Waals surface area contributed by atoms with E-state index < -0.39 is 0 Å². The van der Waals surface area contributed by atoms with Crippen LogP contribution in [0.4, 0.5) is 0 Å². The third-order valence-electron chi connectivity index (χ3n) is 29.7. The first-order valence-electron chi connectivity index (χ1n) is 49.1. The Morgan fingerprint density at radius 3 is 0.745 bits per heavy atom. The lowest BCUT2D eigenvalue weighted by molar-refractivity contribution is 0.827. The fraction of sp³-hybridized carbons (Fsp3) is 0.0145. The number of rotatable bonds is 11. The van der Waals surface area contributed by atoms with Gasteiger partial charge < -0.3 is 13.7 Å². The van der Waals surface area contributed by atoms with E-state index in [4.69, 9.17) is 0 Å². The van der Waals surface area contributed by atoms with Crippen LogP contribution < -0.4 is 0 Å². The van der Waals surface area contributed by atoms with Crippen molar-refractivity contribution in [2.45, 2.75) is 13.5 Å². The van der Waals surface area contributed by atoms with Gasteiger partial charge in [-0.2, -0.15) is 0 Å². The lowest BCUT2D eigenvalue weighted by Gasteiger charge is -2.19. The van der Waals surface area contributed by atoms with Crippen molar-refractivity contribution in [3.05, 3.63) is 522 Å². The molecule has 0 fully saturated rings. The monoisotopic (exact) mass is 1790 g/mol. The van der Waals surface area contributed by atoms with Crippen molar-refractivity contribution in [3.63, 3.8) is 0 Å². The van der Waals surface area contributed by atoms with Gasteiger partial charge in [-0.15, -0.1) is 0 Å². The fourth-order valence-electron chi connectivity index (χ4n) is 23.7. The van der Waals surface area contributed by atoms with Crippen molar-refractivity contribution in [3.8, 4) is 100 Å². The van der Waals surface area contributed by atoms with Crippen LogP contribution in [0.25, 0.3) is 274 Å². The van der Waals surface area contributed by atoms with Gasteiger partial charge in [-0.1, -0.05) is 437 Å². The average molecular weight is 1790 g/mol. The van der Waals surface area contributed by atoms with Gasteiger partial charge in [0.1, 0.15) is 0 Å². The summed E-state index contributed by atoms with van der Waals surface area (Å²) in [5.41, 5.74) is 30.0. The number of nitrogens with zero attached hydrogens (tertiary/aromatic N) is 3. The molecule has 0 N–H and O–H groups in total. The first kappa shape index (κ1) is 82.2. The van der Waals surface area contributed by atoms with E-state index in [1.54, 1.807) is 0 Å². The van der Waals surface area contributed by atoms with E-state index in [-0.39, 0.29) is 0 Å². The molecule has 0 radical (unpaired) electrons. The number of fused-ring (bicyclic) bond motifs is 19. The quantitative estimate of drug-likeness (QED) is 0.115. The maximum atomic E-state index is 2.45. The molecule has 0 amide bonds. The van der Waals surface area contributed by atoms with Crippen LogP contribution >= 0.6 is 0 Å². The van der Waals surface area contributed by atoms with Gasteiger partial charge in [0.2, 0.25) is 0 Å². The second-order valence-electron chi connectivity index (χ2n) is 37.2. The minimum Gasteiger partial charge on any atom is -0.341 e. The molecule has 0 unspecified atom stereocenters. The zero-order chi connectivity index (χ0) is 93.1. The summed E-state index contributed by atoms with van der Waals surface area (Å²) < 4.78 is 7.27. The Labute approximate surface area is 816 Å². The molecule has 29 aromatic rings. The molecule has 29 rings (SSSR count). The second kappa shape index (κ2) is 34.2. The van der Waals surface area contributed by atoms with Crippen LogP contribution in [0.3, 0.4) is 0 Å². The molecule has 3 heteroatoms. The highest BCUT2D eigenvalue weighted by atomic mass is 15.0. The first-order chi connectivity index (χ1) is 70.0. The minimum atomic E-state index is 0.953. The Bertz CT molecular complexity index is 9650. The lowest BCUT2D eigenvalue weighted by atomic mass is 9.84. The Balaban J connectivity index is 0.000000109. The van der Waals surface area contributed by atoms with Gasteiger partial charge in [-0.25, -0.2) is 0 Å². The fourth-order valence-corrected chi connectivity index (χ4v) is 23.7. The van der Waals surface area contributed by atoms with Crippen molar-refractivity contribution >= 4 is 173 Å². The summed E-state index contributed by atoms with van der Waals surface area (Å²) in [6, 6.07) is 191. The normalized spacial score (nSPS) is 11.8. The number of aromatic nitrogens is 3. The highest BCUT2D eigenvalue weighted by Crippen LogP contribution is 2.53. The molecule has 0 aliphatic carbocycles. The number of hydrogen-bond donors (Lipinski definition) is 0. The van der Waals surface area contributed by atoms with E-state index in [0.29, 0.717) is 0 Å². The Hall–Kier alpha value is -18.3. The molecule has 26 aromatic carbocycles. The third kappa shape index (κ3) is 13.6. The van der Waals surface area contributed by atoms with Crippen LogP contribution in [0.15, 0.2) is 522 Å². The van der Waals surface area contributed by atoms with Crippen molar-refractivity contribution in [2.24, 2.45) is 0 Å². The Morgan fingerprint density at radius 1 is 0.135 bits per heavy atom. The zero-order valence-corrected chi connectivity index (χ0v) is 77.7. The van der Waals surface area contributed by atoms with Gasteiger partial charge in [-0.3, -0.25) is 0 Å². The number of aryl methyl sites for hydroxylation is 1. The topological polar surface area (TPSA) is 14.8 Å². The van der Waals surface area contributed by atoms with E-state index in [0.717, 1.165) is 12.2 Å². The summed E-state index contributed by atoms with van der Waals surface area (Å²) in [6.45, 7) is 3.18. The largest absolute Gasteiger partial charge is 0.341 e. The van der Waals surface area contributed by atoms with Crippen LogP contribution in [-0.2, 0) is 6.54 Å². The average Bonchev–Trinajstić information content (AvgIpc) is 1.63. The molecule has 141 heavy (non-hydrogen) atoms. The second-order valence-corrected chi connectivity index (χ2v) is 37.2. The molecule has 3 heterocycles. The molecule has 0 bridgehead atoms. The molecule has 0 saturated heterocycles. The van der Waals surface area contributed by atoms with Crippen LogP contribution in [0.2, 0.25) is 0 Å². The molecule has 0 atom stereocenters. The van der Waals surface area contributed by atoms with Gasteiger partial charge in [-0.05, 0) is 289 Å². The van der Waals surface area contributed by atoms with Crippen molar-refractivity contribution in [2.75, 3.05) is 0 Å². The summed E-state index contributed by atoms with van der Waals surface area (Å²) in [5, 5.41) is 33.0. The van der Waals surface area contributed by atoms with Crippen LogP contribution in [-0.4, -0.2) is 13.7 Å². The van der Waals surface area contributed by atoms with E-state index in [1.165, 1.54) is 268 Å². The molecule has 658 valence electrons. The van der Waals surface area contributed by atoms with Crippen LogP contribution in [0.1, 0.15) is 6.92 Å². The number of para-hydroxylation sites is 3. The van der Waals surface area contributed by atoms with Gasteiger partial charge >= 0.3 is 0 Å².